The molecule has 0 aromatic heterocycles. The number of hydrogen-bond acceptors (Lipinski definition) is 4. The predicted octanol–water partition coefficient (Wildman–Crippen LogP) is 4.17. The van der Waals surface area contributed by atoms with E-state index in [0.717, 1.165) is 36.4 Å². The van der Waals surface area contributed by atoms with Crippen LogP contribution in [0.25, 0.3) is 0 Å². The van der Waals surface area contributed by atoms with Gasteiger partial charge >= 0.3 is 0 Å². The molecule has 2 rings (SSSR count). The molecule has 5 heteroatoms. The number of anilines is 1. The van der Waals surface area contributed by atoms with Crippen molar-refractivity contribution in [2.75, 3.05) is 18.5 Å². The van der Waals surface area contributed by atoms with Crippen LogP contribution in [0.15, 0.2) is 48.5 Å². The highest BCUT2D eigenvalue weighted by Gasteiger charge is 2.07. The summed E-state index contributed by atoms with van der Waals surface area (Å²) in [4.78, 5) is 10.4. The van der Waals surface area contributed by atoms with E-state index in [1.807, 2.05) is 37.3 Å². The molecule has 2 aromatic rings. The summed E-state index contributed by atoms with van der Waals surface area (Å²) in [7, 11) is 0. The number of hydrogen-bond donors (Lipinski definition) is 1. The average molecular weight is 300 g/mol. The maximum Gasteiger partial charge on any atom is 0.271 e. The maximum atomic E-state index is 10.8. The molecule has 0 saturated carbocycles. The van der Waals surface area contributed by atoms with E-state index in [0.29, 0.717) is 6.61 Å². The molecule has 0 amide bonds. The second kappa shape index (κ2) is 8.02. The Bertz CT molecular complexity index is 615. The molecule has 0 bridgehead atoms. The van der Waals surface area contributed by atoms with E-state index in [9.17, 15) is 10.1 Å². The van der Waals surface area contributed by atoms with Gasteiger partial charge in [-0.3, -0.25) is 10.1 Å². The summed E-state index contributed by atoms with van der Waals surface area (Å²) in [6.45, 7) is 3.37. The van der Waals surface area contributed by atoms with E-state index in [4.69, 9.17) is 4.74 Å². The zero-order valence-electron chi connectivity index (χ0n) is 12.6. The number of ether oxygens (including phenoxy) is 1. The predicted molar refractivity (Wildman–Crippen MR) is 87.5 cm³/mol. The number of non-ortho nitro benzene ring substituents is 1. The van der Waals surface area contributed by atoms with Gasteiger partial charge in [-0.15, -0.1) is 0 Å². The van der Waals surface area contributed by atoms with Gasteiger partial charge < -0.3 is 10.1 Å². The van der Waals surface area contributed by atoms with Crippen molar-refractivity contribution >= 4 is 11.4 Å². The molecule has 0 aliphatic carbocycles. The molecule has 0 spiro atoms. The van der Waals surface area contributed by atoms with Crippen LogP contribution >= 0.6 is 0 Å². The Morgan fingerprint density at radius 1 is 1.14 bits per heavy atom. The Kier molecular flexibility index (Phi) is 5.77. The first kappa shape index (κ1) is 15.8. The normalized spacial score (nSPS) is 10.2. The van der Waals surface area contributed by atoms with Gasteiger partial charge in [0, 0.05) is 24.4 Å². The Hall–Kier alpha value is -2.56. The van der Waals surface area contributed by atoms with E-state index in [1.54, 1.807) is 12.1 Å². The summed E-state index contributed by atoms with van der Waals surface area (Å²) < 4.78 is 5.62. The number of nitro groups is 1. The van der Waals surface area contributed by atoms with Crippen molar-refractivity contribution in [1.29, 1.82) is 0 Å². The maximum absolute atomic E-state index is 10.8. The minimum atomic E-state index is -0.377. The van der Waals surface area contributed by atoms with Crippen molar-refractivity contribution in [3.63, 3.8) is 0 Å². The molecule has 5 nitrogen and oxygen atoms in total. The fourth-order valence-electron chi connectivity index (χ4n) is 2.07. The lowest BCUT2D eigenvalue weighted by atomic mass is 10.1. The summed E-state index contributed by atoms with van der Waals surface area (Å²) >= 11 is 0. The molecule has 1 N–H and O–H groups in total. The fraction of sp³-hybridized carbons (Fsp3) is 0.294. The van der Waals surface area contributed by atoms with Gasteiger partial charge in [-0.05, 0) is 37.5 Å². The molecule has 0 saturated heterocycles. The van der Waals surface area contributed by atoms with Gasteiger partial charge in [-0.2, -0.15) is 0 Å². The Balaban J connectivity index is 1.70. The summed E-state index contributed by atoms with van der Waals surface area (Å²) in [5.41, 5.74) is 1.94. The third-order valence-electron chi connectivity index (χ3n) is 3.33. The lowest BCUT2D eigenvalue weighted by Crippen LogP contribution is -2.06. The van der Waals surface area contributed by atoms with Crippen molar-refractivity contribution in [2.45, 2.75) is 19.8 Å². The zero-order chi connectivity index (χ0) is 15.8. The van der Waals surface area contributed by atoms with Crippen LogP contribution in [-0.2, 0) is 0 Å². The van der Waals surface area contributed by atoms with Crippen LogP contribution in [0.3, 0.4) is 0 Å². The number of aryl methyl sites for hydroxylation is 1. The summed E-state index contributed by atoms with van der Waals surface area (Å²) in [6, 6.07) is 14.6. The first-order valence-corrected chi connectivity index (χ1v) is 7.33. The topological polar surface area (TPSA) is 64.4 Å². The van der Waals surface area contributed by atoms with Gasteiger partial charge in [0.1, 0.15) is 5.75 Å². The number of rotatable bonds is 8. The van der Waals surface area contributed by atoms with Crippen LogP contribution < -0.4 is 10.1 Å². The van der Waals surface area contributed by atoms with Gasteiger partial charge in [0.25, 0.3) is 5.69 Å². The number of nitrogens with zero attached hydrogens (tertiary/aromatic N) is 1. The lowest BCUT2D eigenvalue weighted by molar-refractivity contribution is -0.384. The second-order valence-corrected chi connectivity index (χ2v) is 5.05. The number of nitrogens with one attached hydrogen (secondary N) is 1. The Labute approximate surface area is 130 Å². The van der Waals surface area contributed by atoms with Crippen LogP contribution in [0.1, 0.15) is 18.4 Å². The van der Waals surface area contributed by atoms with E-state index in [-0.39, 0.29) is 10.6 Å². The van der Waals surface area contributed by atoms with Crippen LogP contribution in [0, 0.1) is 17.0 Å². The lowest BCUT2D eigenvalue weighted by Gasteiger charge is -2.10. The van der Waals surface area contributed by atoms with Crippen molar-refractivity contribution in [3.8, 4) is 5.75 Å². The van der Waals surface area contributed by atoms with Crippen molar-refractivity contribution < 1.29 is 9.66 Å². The summed E-state index contributed by atoms with van der Waals surface area (Å²) in [5, 5.41) is 14.0. The van der Waals surface area contributed by atoms with Gasteiger partial charge in [0.05, 0.1) is 11.5 Å². The van der Waals surface area contributed by atoms with Gasteiger partial charge in [-0.1, -0.05) is 24.3 Å². The third-order valence-corrected chi connectivity index (χ3v) is 3.33. The van der Waals surface area contributed by atoms with E-state index >= 15 is 0 Å². The summed E-state index contributed by atoms with van der Waals surface area (Å²) in [6.07, 6.45) is 1.87. The van der Waals surface area contributed by atoms with Gasteiger partial charge in [-0.25, -0.2) is 0 Å². The average Bonchev–Trinajstić information content (AvgIpc) is 2.53. The molecular weight excluding hydrogens is 280 g/mol. The first-order valence-electron chi connectivity index (χ1n) is 7.33. The van der Waals surface area contributed by atoms with Crippen molar-refractivity contribution in [3.05, 3.63) is 64.2 Å². The van der Waals surface area contributed by atoms with Gasteiger partial charge in [0.15, 0.2) is 0 Å². The van der Waals surface area contributed by atoms with Crippen LogP contribution in [-0.4, -0.2) is 18.1 Å². The molecular formula is C17H20N2O3. The number of unbranched alkanes of at least 4 members (excludes halogenated alkanes) is 1. The molecule has 0 aliphatic heterocycles. The molecule has 0 heterocycles. The van der Waals surface area contributed by atoms with E-state index in [2.05, 4.69) is 5.32 Å². The number of nitro benzene ring substituents is 1. The molecule has 2 aromatic carbocycles. The van der Waals surface area contributed by atoms with Crippen molar-refractivity contribution in [2.24, 2.45) is 0 Å². The Morgan fingerprint density at radius 3 is 2.64 bits per heavy atom. The fourth-order valence-corrected chi connectivity index (χ4v) is 2.07. The zero-order valence-corrected chi connectivity index (χ0v) is 12.6. The highest BCUT2D eigenvalue weighted by Crippen LogP contribution is 2.21. The molecule has 0 unspecified atom stereocenters. The highest BCUT2D eigenvalue weighted by molar-refractivity contribution is 5.56. The SMILES string of the molecule is Cc1ccc([N+](=O)[O-])cc1NCCCCOc1ccccc1. The van der Waals surface area contributed by atoms with Crippen LogP contribution in [0.2, 0.25) is 0 Å². The second-order valence-electron chi connectivity index (χ2n) is 5.05. The van der Waals surface area contributed by atoms with E-state index in [1.165, 1.54) is 6.07 Å². The minimum Gasteiger partial charge on any atom is -0.494 e. The van der Waals surface area contributed by atoms with Crippen molar-refractivity contribution in [1.82, 2.24) is 0 Å². The Morgan fingerprint density at radius 2 is 1.91 bits per heavy atom. The standard InChI is InChI=1S/C17H20N2O3/c1-14-9-10-15(19(20)21)13-17(14)18-11-5-6-12-22-16-7-3-2-4-8-16/h2-4,7-10,13,18H,5-6,11-12H2,1H3. The number of benzene rings is 2. The smallest absolute Gasteiger partial charge is 0.271 e. The van der Waals surface area contributed by atoms with E-state index < -0.39 is 0 Å². The number of para-hydroxylation sites is 1. The third kappa shape index (κ3) is 4.77. The molecule has 116 valence electrons. The summed E-state index contributed by atoms with van der Waals surface area (Å²) in [5.74, 6) is 0.880. The quantitative estimate of drug-likeness (QED) is 0.451. The highest BCUT2D eigenvalue weighted by atomic mass is 16.6. The molecule has 0 fully saturated rings. The minimum absolute atomic E-state index is 0.112. The first-order chi connectivity index (χ1) is 10.7. The molecule has 0 aliphatic rings. The van der Waals surface area contributed by atoms with Crippen LogP contribution in [0.5, 0.6) is 5.75 Å². The molecule has 0 radical (unpaired) electrons. The monoisotopic (exact) mass is 300 g/mol. The van der Waals surface area contributed by atoms with Crippen LogP contribution in [0.4, 0.5) is 11.4 Å². The molecule has 22 heavy (non-hydrogen) atoms. The van der Waals surface area contributed by atoms with Gasteiger partial charge in [0.2, 0.25) is 0 Å². The molecule has 0 atom stereocenters. The largest absolute Gasteiger partial charge is 0.494 e.